The van der Waals surface area contributed by atoms with Crippen molar-refractivity contribution in [2.75, 3.05) is 0 Å². The van der Waals surface area contributed by atoms with Gasteiger partial charge in [-0.05, 0) is 41.9 Å². The Morgan fingerprint density at radius 1 is 1.32 bits per heavy atom. The van der Waals surface area contributed by atoms with Crippen LogP contribution >= 0.6 is 11.3 Å². The highest BCUT2D eigenvalue weighted by molar-refractivity contribution is 7.16. The highest BCUT2D eigenvalue weighted by Crippen LogP contribution is 2.46. The first-order valence-corrected chi connectivity index (χ1v) is 9.52. The number of aldehydes is 1. The van der Waals surface area contributed by atoms with Gasteiger partial charge < -0.3 is 5.73 Å². The summed E-state index contributed by atoms with van der Waals surface area (Å²) in [4.78, 5) is 19.0. The van der Waals surface area contributed by atoms with E-state index in [1.807, 2.05) is 24.4 Å². The summed E-state index contributed by atoms with van der Waals surface area (Å²) in [6.45, 7) is 4.99. The SMILES string of the molecule is CC1(C)CCc2sc(-c3c(CN)cnc4ccccc34)c(C=O)c2C1. The van der Waals surface area contributed by atoms with Crippen molar-refractivity contribution in [2.45, 2.75) is 39.7 Å². The van der Waals surface area contributed by atoms with Gasteiger partial charge in [0.05, 0.1) is 5.52 Å². The maximum Gasteiger partial charge on any atom is 0.151 e. The fourth-order valence-corrected chi connectivity index (χ4v) is 5.24. The number of pyridine rings is 1. The first-order valence-electron chi connectivity index (χ1n) is 8.71. The molecule has 3 nitrogen and oxygen atoms in total. The lowest BCUT2D eigenvalue weighted by Gasteiger charge is -2.29. The van der Waals surface area contributed by atoms with Gasteiger partial charge in [0.15, 0.2) is 6.29 Å². The molecule has 0 radical (unpaired) electrons. The molecule has 0 saturated heterocycles. The van der Waals surface area contributed by atoms with E-state index in [4.69, 9.17) is 5.73 Å². The van der Waals surface area contributed by atoms with Crippen molar-refractivity contribution in [2.24, 2.45) is 11.1 Å². The standard InChI is InChI=1S/C21H22N2OS/c1-21(2)8-7-18-15(9-21)16(12-24)20(25-18)19-13(10-22)11-23-17-6-4-3-5-14(17)19/h3-6,11-12H,7-10,22H2,1-2H3. The molecule has 0 saturated carbocycles. The van der Waals surface area contributed by atoms with Gasteiger partial charge in [-0.3, -0.25) is 9.78 Å². The Labute approximate surface area is 151 Å². The van der Waals surface area contributed by atoms with E-state index in [0.717, 1.165) is 51.6 Å². The van der Waals surface area contributed by atoms with Crippen LogP contribution in [0.4, 0.5) is 0 Å². The molecule has 1 aliphatic rings. The van der Waals surface area contributed by atoms with Crippen LogP contribution in [0.2, 0.25) is 0 Å². The second-order valence-electron chi connectivity index (χ2n) is 7.59. The smallest absolute Gasteiger partial charge is 0.151 e. The lowest BCUT2D eigenvalue weighted by atomic mass is 9.76. The van der Waals surface area contributed by atoms with Crippen LogP contribution in [-0.4, -0.2) is 11.3 Å². The number of nitrogens with two attached hydrogens (primary N) is 1. The van der Waals surface area contributed by atoms with E-state index in [9.17, 15) is 4.79 Å². The Morgan fingerprint density at radius 2 is 2.12 bits per heavy atom. The summed E-state index contributed by atoms with van der Waals surface area (Å²) in [6.07, 6.45) is 6.08. The van der Waals surface area contributed by atoms with E-state index >= 15 is 0 Å². The summed E-state index contributed by atoms with van der Waals surface area (Å²) in [7, 11) is 0. The summed E-state index contributed by atoms with van der Waals surface area (Å²) >= 11 is 1.77. The molecule has 0 unspecified atom stereocenters. The number of hydrogen-bond acceptors (Lipinski definition) is 4. The van der Waals surface area contributed by atoms with Gasteiger partial charge >= 0.3 is 0 Å². The fraction of sp³-hybridized carbons (Fsp3) is 0.333. The van der Waals surface area contributed by atoms with Gasteiger partial charge in [-0.25, -0.2) is 0 Å². The molecule has 25 heavy (non-hydrogen) atoms. The third-order valence-corrected chi connectivity index (χ3v) is 6.56. The van der Waals surface area contributed by atoms with Gasteiger partial charge in [-0.15, -0.1) is 11.3 Å². The number of aromatic nitrogens is 1. The fourth-order valence-electron chi connectivity index (χ4n) is 3.86. The summed E-state index contributed by atoms with van der Waals surface area (Å²) < 4.78 is 0. The third-order valence-electron chi connectivity index (χ3n) is 5.23. The molecule has 0 aliphatic heterocycles. The van der Waals surface area contributed by atoms with Gasteiger partial charge in [0.25, 0.3) is 0 Å². The van der Waals surface area contributed by atoms with Crippen LogP contribution in [0.5, 0.6) is 0 Å². The van der Waals surface area contributed by atoms with Crippen LogP contribution < -0.4 is 5.73 Å². The molecule has 0 fully saturated rings. The normalized spacial score (nSPS) is 16.0. The lowest BCUT2D eigenvalue weighted by molar-refractivity contribution is 0.112. The quantitative estimate of drug-likeness (QED) is 0.694. The molecule has 1 aliphatic carbocycles. The Kier molecular flexibility index (Phi) is 3.97. The van der Waals surface area contributed by atoms with Crippen LogP contribution in [0.1, 0.15) is 46.6 Å². The first kappa shape index (κ1) is 16.4. The molecule has 2 N–H and O–H groups in total. The number of fused-ring (bicyclic) bond motifs is 2. The number of aryl methyl sites for hydroxylation is 1. The molecule has 0 amide bonds. The van der Waals surface area contributed by atoms with Crippen molar-refractivity contribution in [3.05, 3.63) is 52.0 Å². The van der Waals surface area contributed by atoms with Crippen LogP contribution in [0.25, 0.3) is 21.3 Å². The van der Waals surface area contributed by atoms with E-state index in [1.165, 1.54) is 16.9 Å². The van der Waals surface area contributed by atoms with Crippen LogP contribution in [0.15, 0.2) is 30.5 Å². The minimum atomic E-state index is 0.250. The van der Waals surface area contributed by atoms with E-state index in [-0.39, 0.29) is 5.41 Å². The molecule has 1 aromatic carbocycles. The molecule has 0 bridgehead atoms. The molecular weight excluding hydrogens is 328 g/mol. The molecule has 2 aromatic heterocycles. The number of para-hydroxylation sites is 1. The summed E-state index contributed by atoms with van der Waals surface area (Å²) in [5.41, 5.74) is 11.4. The lowest BCUT2D eigenvalue weighted by Crippen LogP contribution is -2.21. The van der Waals surface area contributed by atoms with Crippen molar-refractivity contribution in [1.29, 1.82) is 0 Å². The molecule has 4 rings (SSSR count). The second kappa shape index (κ2) is 6.04. The molecule has 4 heteroatoms. The molecule has 0 spiro atoms. The number of carbonyl (C=O) groups is 1. The van der Waals surface area contributed by atoms with Crippen molar-refractivity contribution >= 4 is 28.5 Å². The average molecular weight is 350 g/mol. The van der Waals surface area contributed by atoms with Gasteiger partial charge in [-0.2, -0.15) is 0 Å². The minimum absolute atomic E-state index is 0.250. The maximum absolute atomic E-state index is 12.0. The van der Waals surface area contributed by atoms with E-state index < -0.39 is 0 Å². The van der Waals surface area contributed by atoms with E-state index in [0.29, 0.717) is 6.54 Å². The monoisotopic (exact) mass is 350 g/mol. The zero-order valence-electron chi connectivity index (χ0n) is 14.6. The molecule has 3 aromatic rings. The van der Waals surface area contributed by atoms with Crippen molar-refractivity contribution < 1.29 is 4.79 Å². The van der Waals surface area contributed by atoms with Crippen LogP contribution in [-0.2, 0) is 19.4 Å². The summed E-state index contributed by atoms with van der Waals surface area (Å²) in [5, 5.41) is 1.08. The molecule has 128 valence electrons. The Bertz CT molecular complexity index is 971. The topological polar surface area (TPSA) is 56.0 Å². The predicted molar refractivity (Wildman–Crippen MR) is 104 cm³/mol. The second-order valence-corrected chi connectivity index (χ2v) is 8.69. The summed E-state index contributed by atoms with van der Waals surface area (Å²) in [5.74, 6) is 0. The van der Waals surface area contributed by atoms with Crippen molar-refractivity contribution in [3.63, 3.8) is 0 Å². The zero-order chi connectivity index (χ0) is 17.6. The number of thiophene rings is 1. The number of benzene rings is 1. The first-order chi connectivity index (χ1) is 12.0. The minimum Gasteiger partial charge on any atom is -0.326 e. The number of hydrogen-bond donors (Lipinski definition) is 1. The molecule has 0 atom stereocenters. The predicted octanol–water partition coefficient (Wildman–Crippen LogP) is 4.75. The largest absolute Gasteiger partial charge is 0.326 e. The van der Waals surface area contributed by atoms with E-state index in [2.05, 4.69) is 24.9 Å². The van der Waals surface area contributed by atoms with E-state index in [1.54, 1.807) is 11.3 Å². The van der Waals surface area contributed by atoms with Crippen LogP contribution in [0.3, 0.4) is 0 Å². The van der Waals surface area contributed by atoms with Crippen LogP contribution in [0, 0.1) is 5.41 Å². The maximum atomic E-state index is 12.0. The number of nitrogens with zero attached hydrogens (tertiary/aromatic N) is 1. The molecular formula is C21H22N2OS. The van der Waals surface area contributed by atoms with Gasteiger partial charge in [0.2, 0.25) is 0 Å². The van der Waals surface area contributed by atoms with Gasteiger partial charge in [0, 0.05) is 39.0 Å². The summed E-state index contributed by atoms with van der Waals surface area (Å²) in [6, 6.07) is 8.10. The molecule has 2 heterocycles. The average Bonchev–Trinajstić information content (AvgIpc) is 2.96. The van der Waals surface area contributed by atoms with Crippen molar-refractivity contribution in [3.8, 4) is 10.4 Å². The van der Waals surface area contributed by atoms with Gasteiger partial charge in [-0.1, -0.05) is 32.0 Å². The highest BCUT2D eigenvalue weighted by atomic mass is 32.1. The third kappa shape index (κ3) is 2.70. The van der Waals surface area contributed by atoms with Crippen molar-refractivity contribution in [1.82, 2.24) is 4.98 Å². The Hall–Kier alpha value is -2.04. The number of carbonyl (C=O) groups excluding carboxylic acids is 1. The Balaban J connectivity index is 2.02. The Morgan fingerprint density at radius 3 is 2.88 bits per heavy atom. The highest BCUT2D eigenvalue weighted by Gasteiger charge is 2.31. The number of rotatable bonds is 3. The zero-order valence-corrected chi connectivity index (χ0v) is 15.5. The van der Waals surface area contributed by atoms with Gasteiger partial charge in [0.1, 0.15) is 0 Å².